The van der Waals surface area contributed by atoms with Gasteiger partial charge < -0.3 is 5.32 Å². The smallest absolute Gasteiger partial charge is 0.255 e. The third-order valence-electron chi connectivity index (χ3n) is 2.72. The Kier molecular flexibility index (Phi) is 3.63. The van der Waals surface area contributed by atoms with Gasteiger partial charge in [0, 0.05) is 5.56 Å². The minimum absolute atomic E-state index is 0.166. The van der Waals surface area contributed by atoms with E-state index >= 15 is 0 Å². The number of aryl methyl sites for hydroxylation is 1. The molecular weight excluding hydrogens is 248 g/mol. The number of hydrogen-bond donors (Lipinski definition) is 1. The van der Waals surface area contributed by atoms with E-state index in [2.05, 4.69) is 10.3 Å². The quantitative estimate of drug-likeness (QED) is 0.896. The third-order valence-corrected chi connectivity index (χ3v) is 3.28. The van der Waals surface area contributed by atoms with Crippen LogP contribution in [0, 0.1) is 13.8 Å². The molecule has 0 aliphatic heterocycles. The van der Waals surface area contributed by atoms with E-state index in [9.17, 15) is 4.79 Å². The number of anilines is 1. The molecule has 2 rings (SSSR count). The fraction of sp³-hybridized carbons (Fsp3) is 0.143. The predicted octanol–water partition coefficient (Wildman–Crippen LogP) is 3.60. The van der Waals surface area contributed by atoms with Gasteiger partial charge in [0.1, 0.15) is 0 Å². The molecule has 0 aliphatic rings. The van der Waals surface area contributed by atoms with E-state index < -0.39 is 0 Å². The van der Waals surface area contributed by atoms with Crippen LogP contribution >= 0.6 is 11.6 Å². The van der Waals surface area contributed by atoms with Crippen molar-refractivity contribution >= 4 is 23.2 Å². The van der Waals surface area contributed by atoms with Crippen LogP contribution in [0.5, 0.6) is 0 Å². The summed E-state index contributed by atoms with van der Waals surface area (Å²) < 4.78 is 0. The lowest BCUT2D eigenvalue weighted by Gasteiger charge is -2.10. The Hall–Kier alpha value is -1.87. The zero-order chi connectivity index (χ0) is 13.1. The summed E-state index contributed by atoms with van der Waals surface area (Å²) in [6.07, 6.45) is 1.62. The average molecular weight is 261 g/mol. The summed E-state index contributed by atoms with van der Waals surface area (Å²) >= 11 is 6.10. The summed E-state index contributed by atoms with van der Waals surface area (Å²) in [5.74, 6) is -0.166. The van der Waals surface area contributed by atoms with E-state index in [1.807, 2.05) is 32.0 Å². The van der Waals surface area contributed by atoms with Crippen molar-refractivity contribution in [2.75, 3.05) is 5.32 Å². The van der Waals surface area contributed by atoms with Crippen LogP contribution in [0.25, 0.3) is 0 Å². The second-order valence-electron chi connectivity index (χ2n) is 4.02. The molecule has 3 nitrogen and oxygen atoms in total. The van der Waals surface area contributed by atoms with Gasteiger partial charge in [-0.15, -0.1) is 0 Å². The summed E-state index contributed by atoms with van der Waals surface area (Å²) in [6.45, 7) is 3.69. The Bertz CT molecular complexity index is 582. The monoisotopic (exact) mass is 260 g/mol. The van der Waals surface area contributed by atoms with Crippen molar-refractivity contribution in [3.05, 3.63) is 58.4 Å². The van der Waals surface area contributed by atoms with Crippen molar-refractivity contribution in [3.8, 4) is 0 Å². The van der Waals surface area contributed by atoms with Gasteiger partial charge in [0.05, 0.1) is 22.6 Å². The second-order valence-corrected chi connectivity index (χ2v) is 4.39. The van der Waals surface area contributed by atoms with Crippen LogP contribution in [0.3, 0.4) is 0 Å². The van der Waals surface area contributed by atoms with Gasteiger partial charge in [-0.2, -0.15) is 0 Å². The van der Waals surface area contributed by atoms with Crippen molar-refractivity contribution in [2.45, 2.75) is 13.8 Å². The van der Waals surface area contributed by atoms with Crippen molar-refractivity contribution in [3.63, 3.8) is 0 Å². The Morgan fingerprint density at radius 1 is 1.22 bits per heavy atom. The largest absolute Gasteiger partial charge is 0.320 e. The minimum atomic E-state index is -0.166. The molecule has 0 atom stereocenters. The highest BCUT2D eigenvalue weighted by Crippen LogP contribution is 2.25. The van der Waals surface area contributed by atoms with Gasteiger partial charge in [-0.3, -0.25) is 9.78 Å². The molecule has 1 amide bonds. The van der Waals surface area contributed by atoms with Gasteiger partial charge in [-0.1, -0.05) is 29.8 Å². The Morgan fingerprint density at radius 3 is 2.56 bits per heavy atom. The van der Waals surface area contributed by atoms with Crippen LogP contribution < -0.4 is 5.32 Å². The van der Waals surface area contributed by atoms with E-state index in [0.29, 0.717) is 16.3 Å². The summed E-state index contributed by atoms with van der Waals surface area (Å²) in [4.78, 5) is 16.1. The summed E-state index contributed by atoms with van der Waals surface area (Å²) in [5.41, 5.74) is 2.83. The highest BCUT2D eigenvalue weighted by atomic mass is 35.5. The molecule has 18 heavy (non-hydrogen) atoms. The molecule has 0 saturated heterocycles. The lowest BCUT2D eigenvalue weighted by Crippen LogP contribution is -2.13. The lowest BCUT2D eigenvalue weighted by molar-refractivity contribution is 0.102. The molecule has 0 saturated carbocycles. The van der Waals surface area contributed by atoms with Crippen LogP contribution in [-0.2, 0) is 0 Å². The van der Waals surface area contributed by atoms with E-state index in [-0.39, 0.29) is 5.91 Å². The fourth-order valence-corrected chi connectivity index (χ4v) is 1.77. The summed E-state index contributed by atoms with van der Waals surface area (Å²) in [6, 6.07) is 9.03. The topological polar surface area (TPSA) is 42.0 Å². The van der Waals surface area contributed by atoms with Crippen LogP contribution in [0.15, 0.2) is 36.5 Å². The van der Waals surface area contributed by atoms with Gasteiger partial charge in [-0.25, -0.2) is 0 Å². The van der Waals surface area contributed by atoms with E-state index in [0.717, 1.165) is 11.3 Å². The van der Waals surface area contributed by atoms with Gasteiger partial charge in [0.25, 0.3) is 5.91 Å². The number of amides is 1. The maximum absolute atomic E-state index is 12.0. The number of aromatic nitrogens is 1. The predicted molar refractivity (Wildman–Crippen MR) is 73.1 cm³/mol. The second kappa shape index (κ2) is 5.19. The molecule has 1 N–H and O–H groups in total. The number of nitrogens with one attached hydrogen (secondary N) is 1. The molecule has 0 unspecified atom stereocenters. The molecule has 0 bridgehead atoms. The molecule has 2 aromatic rings. The minimum Gasteiger partial charge on any atom is -0.320 e. The van der Waals surface area contributed by atoms with Gasteiger partial charge >= 0.3 is 0 Å². The van der Waals surface area contributed by atoms with Crippen molar-refractivity contribution in [1.82, 2.24) is 4.98 Å². The molecule has 0 spiro atoms. The first kappa shape index (κ1) is 12.6. The number of halogens is 1. The summed E-state index contributed by atoms with van der Waals surface area (Å²) in [7, 11) is 0. The lowest BCUT2D eigenvalue weighted by atomic mass is 10.2. The van der Waals surface area contributed by atoms with Crippen LogP contribution in [0.4, 0.5) is 5.69 Å². The van der Waals surface area contributed by atoms with Gasteiger partial charge in [-0.05, 0) is 31.5 Å². The third kappa shape index (κ3) is 2.51. The normalized spacial score (nSPS) is 10.2. The molecule has 0 radical (unpaired) electrons. The standard InChI is InChI=1S/C14H13ClN2O/c1-9-12(8-16-10(2)13(9)15)17-14(18)11-6-4-3-5-7-11/h3-8H,1-2H3,(H,17,18). The Labute approximate surface area is 111 Å². The van der Waals surface area contributed by atoms with Gasteiger partial charge in [0.15, 0.2) is 0 Å². The highest BCUT2D eigenvalue weighted by Gasteiger charge is 2.10. The SMILES string of the molecule is Cc1ncc(NC(=O)c2ccccc2)c(C)c1Cl. The van der Waals surface area contributed by atoms with Crippen LogP contribution in [-0.4, -0.2) is 10.9 Å². The maximum Gasteiger partial charge on any atom is 0.255 e. The first-order valence-electron chi connectivity index (χ1n) is 5.57. The number of benzene rings is 1. The molecular formula is C14H13ClN2O. The number of rotatable bonds is 2. The van der Waals surface area contributed by atoms with Gasteiger partial charge in [0.2, 0.25) is 0 Å². The summed E-state index contributed by atoms with van der Waals surface area (Å²) in [5, 5.41) is 3.39. The number of pyridine rings is 1. The molecule has 4 heteroatoms. The molecule has 92 valence electrons. The van der Waals surface area contributed by atoms with Crippen molar-refractivity contribution < 1.29 is 4.79 Å². The first-order valence-corrected chi connectivity index (χ1v) is 5.95. The fourth-order valence-electron chi connectivity index (χ4n) is 1.61. The first-order chi connectivity index (χ1) is 8.59. The van der Waals surface area contributed by atoms with Crippen molar-refractivity contribution in [2.24, 2.45) is 0 Å². The molecule has 0 aliphatic carbocycles. The van der Waals surface area contributed by atoms with Crippen LogP contribution in [0.1, 0.15) is 21.6 Å². The molecule has 0 fully saturated rings. The number of hydrogen-bond acceptors (Lipinski definition) is 2. The van der Waals surface area contributed by atoms with Crippen molar-refractivity contribution in [1.29, 1.82) is 0 Å². The number of nitrogens with zero attached hydrogens (tertiary/aromatic N) is 1. The number of carbonyl (C=O) groups excluding carboxylic acids is 1. The van der Waals surface area contributed by atoms with E-state index in [1.165, 1.54) is 0 Å². The molecule has 1 aromatic carbocycles. The highest BCUT2D eigenvalue weighted by molar-refractivity contribution is 6.32. The van der Waals surface area contributed by atoms with E-state index in [1.54, 1.807) is 18.3 Å². The Morgan fingerprint density at radius 2 is 1.89 bits per heavy atom. The zero-order valence-corrected chi connectivity index (χ0v) is 11.0. The average Bonchev–Trinajstić information content (AvgIpc) is 2.40. The molecule has 1 heterocycles. The van der Waals surface area contributed by atoms with E-state index in [4.69, 9.17) is 11.6 Å². The van der Waals surface area contributed by atoms with Crippen LogP contribution in [0.2, 0.25) is 5.02 Å². The maximum atomic E-state index is 12.0. The Balaban J connectivity index is 2.26. The number of carbonyl (C=O) groups is 1. The zero-order valence-electron chi connectivity index (χ0n) is 10.2. The molecule has 1 aromatic heterocycles.